The summed E-state index contributed by atoms with van der Waals surface area (Å²) in [6, 6.07) is 70.7. The summed E-state index contributed by atoms with van der Waals surface area (Å²) in [4.78, 5) is 5.22. The van der Waals surface area contributed by atoms with Crippen molar-refractivity contribution < 1.29 is 4.74 Å². The van der Waals surface area contributed by atoms with Gasteiger partial charge >= 0.3 is 0 Å². The van der Waals surface area contributed by atoms with Crippen molar-refractivity contribution in [2.24, 2.45) is 0 Å². The zero-order valence-electron chi connectivity index (χ0n) is 27.4. The maximum atomic E-state index is 6.95. The molecule has 1 aliphatic rings. The van der Waals surface area contributed by atoms with Crippen molar-refractivity contribution in [3.8, 4) is 56.3 Å². The van der Waals surface area contributed by atoms with Gasteiger partial charge in [-0.3, -0.25) is 0 Å². The minimum atomic E-state index is -0.573. The Morgan fingerprint density at radius 1 is 0.360 bits per heavy atom. The van der Waals surface area contributed by atoms with Crippen LogP contribution in [0, 0.1) is 0 Å². The molecule has 0 saturated heterocycles. The Hall–Kier alpha value is -6.51. The molecule has 0 aliphatic carbocycles. The van der Waals surface area contributed by atoms with Crippen molar-refractivity contribution in [2.45, 2.75) is 5.41 Å². The van der Waals surface area contributed by atoms with Gasteiger partial charge in [0.15, 0.2) is 0 Å². The lowest BCUT2D eigenvalue weighted by atomic mass is 9.63. The van der Waals surface area contributed by atoms with Crippen LogP contribution in [0.5, 0.6) is 11.5 Å². The second-order valence-corrected chi connectivity index (χ2v) is 12.7. The van der Waals surface area contributed by atoms with Crippen molar-refractivity contribution >= 4 is 0 Å². The molecule has 2 heterocycles. The third-order valence-electron chi connectivity index (χ3n) is 9.81. The SMILES string of the molecule is c1ccc(-c2cc(-c3ccccc3)nc(-c3cccc(-c4cccc5c4Oc4ccccc4C5(c4ccccc4)c4ccccc4)c3)c2)cc1. The van der Waals surface area contributed by atoms with E-state index in [0.29, 0.717) is 0 Å². The van der Waals surface area contributed by atoms with E-state index in [0.717, 1.165) is 67.4 Å². The highest BCUT2D eigenvalue weighted by Gasteiger charge is 2.45. The van der Waals surface area contributed by atoms with Crippen LogP contribution in [0.3, 0.4) is 0 Å². The average molecular weight is 640 g/mol. The summed E-state index contributed by atoms with van der Waals surface area (Å²) in [5.74, 6) is 1.73. The van der Waals surface area contributed by atoms with Crippen molar-refractivity contribution in [1.29, 1.82) is 0 Å². The average Bonchev–Trinajstić information content (AvgIpc) is 3.21. The number of hydrogen-bond donors (Lipinski definition) is 0. The summed E-state index contributed by atoms with van der Waals surface area (Å²) in [7, 11) is 0. The van der Waals surface area contributed by atoms with Gasteiger partial charge in [-0.1, -0.05) is 176 Å². The third-order valence-corrected chi connectivity index (χ3v) is 9.81. The molecule has 0 unspecified atom stereocenters. The second kappa shape index (κ2) is 12.5. The highest BCUT2D eigenvalue weighted by molar-refractivity contribution is 5.83. The van der Waals surface area contributed by atoms with Crippen LogP contribution < -0.4 is 4.74 Å². The van der Waals surface area contributed by atoms with Crippen LogP contribution in [0.2, 0.25) is 0 Å². The summed E-state index contributed by atoms with van der Waals surface area (Å²) in [6.07, 6.45) is 0. The van der Waals surface area contributed by atoms with Gasteiger partial charge in [-0.2, -0.15) is 0 Å². The summed E-state index contributed by atoms with van der Waals surface area (Å²) < 4.78 is 6.95. The lowest BCUT2D eigenvalue weighted by Crippen LogP contribution is -2.34. The lowest BCUT2D eigenvalue weighted by Gasteiger charge is -2.42. The highest BCUT2D eigenvalue weighted by atomic mass is 16.5. The van der Waals surface area contributed by atoms with Crippen LogP contribution in [0.25, 0.3) is 44.8 Å². The largest absolute Gasteiger partial charge is 0.456 e. The molecular formula is C48H33NO. The fourth-order valence-corrected chi connectivity index (χ4v) is 7.53. The van der Waals surface area contributed by atoms with Crippen molar-refractivity contribution in [1.82, 2.24) is 4.98 Å². The molecule has 2 nitrogen and oxygen atoms in total. The van der Waals surface area contributed by atoms with Gasteiger partial charge in [0.2, 0.25) is 0 Å². The molecule has 50 heavy (non-hydrogen) atoms. The molecule has 1 aromatic heterocycles. The number of rotatable bonds is 6. The van der Waals surface area contributed by atoms with Crippen molar-refractivity contribution in [2.75, 3.05) is 0 Å². The Labute approximate surface area is 293 Å². The molecule has 7 aromatic carbocycles. The number of ether oxygens (including phenoxy) is 1. The quantitative estimate of drug-likeness (QED) is 0.181. The molecule has 0 amide bonds. The van der Waals surface area contributed by atoms with Crippen LogP contribution in [-0.4, -0.2) is 4.98 Å². The van der Waals surface area contributed by atoms with Gasteiger partial charge < -0.3 is 4.74 Å². The van der Waals surface area contributed by atoms with Crippen LogP contribution in [0.1, 0.15) is 22.3 Å². The standard InChI is InChI=1S/C48H33NO/c1-5-17-34(18-6-1)38-32-44(35-19-7-2-8-20-35)49-45(33-38)37-22-15-21-36(31-37)41-27-16-29-43-47(41)50-46-30-14-13-28-42(46)48(43,39-23-9-3-10-24-39)40-25-11-4-12-26-40/h1-33H. The van der Waals surface area contributed by atoms with Crippen LogP contribution in [0.15, 0.2) is 200 Å². The zero-order valence-corrected chi connectivity index (χ0v) is 27.4. The maximum absolute atomic E-state index is 6.95. The van der Waals surface area contributed by atoms with E-state index >= 15 is 0 Å². The Bertz CT molecular complexity index is 2340. The van der Waals surface area contributed by atoms with Gasteiger partial charge in [-0.05, 0) is 52.1 Å². The van der Waals surface area contributed by atoms with Crippen molar-refractivity contribution in [3.63, 3.8) is 0 Å². The maximum Gasteiger partial charge on any atom is 0.140 e. The molecule has 8 aromatic rings. The van der Waals surface area contributed by atoms with E-state index in [1.165, 1.54) is 11.1 Å². The number of para-hydroxylation sites is 2. The van der Waals surface area contributed by atoms with E-state index < -0.39 is 5.41 Å². The fourth-order valence-electron chi connectivity index (χ4n) is 7.53. The predicted octanol–water partition coefficient (Wildman–Crippen LogP) is 12.2. The van der Waals surface area contributed by atoms with Gasteiger partial charge in [-0.15, -0.1) is 0 Å². The van der Waals surface area contributed by atoms with E-state index in [-0.39, 0.29) is 0 Å². The first-order chi connectivity index (χ1) is 24.8. The minimum Gasteiger partial charge on any atom is -0.456 e. The summed E-state index contributed by atoms with van der Waals surface area (Å²) >= 11 is 0. The molecule has 0 spiro atoms. The topological polar surface area (TPSA) is 22.1 Å². The summed E-state index contributed by atoms with van der Waals surface area (Å²) in [6.45, 7) is 0. The first-order valence-corrected chi connectivity index (χ1v) is 17.0. The number of nitrogens with zero attached hydrogens (tertiary/aromatic N) is 1. The first-order valence-electron chi connectivity index (χ1n) is 17.0. The number of pyridine rings is 1. The molecule has 1 aliphatic heterocycles. The van der Waals surface area contributed by atoms with Gasteiger partial charge in [0.25, 0.3) is 0 Å². The van der Waals surface area contributed by atoms with E-state index in [1.54, 1.807) is 0 Å². The summed E-state index contributed by atoms with van der Waals surface area (Å²) in [5, 5.41) is 0. The predicted molar refractivity (Wildman–Crippen MR) is 204 cm³/mol. The highest BCUT2D eigenvalue weighted by Crippen LogP contribution is 2.57. The molecule has 0 saturated carbocycles. The molecule has 0 radical (unpaired) electrons. The van der Waals surface area contributed by atoms with Crippen LogP contribution in [-0.2, 0) is 5.41 Å². The van der Waals surface area contributed by atoms with Gasteiger partial charge in [0, 0.05) is 27.8 Å². The Morgan fingerprint density at radius 2 is 0.860 bits per heavy atom. The first kappa shape index (κ1) is 29.6. The minimum absolute atomic E-state index is 0.573. The molecule has 2 heteroatoms. The molecule has 0 bridgehead atoms. The Balaban J connectivity index is 1.25. The number of benzene rings is 7. The Kier molecular flexibility index (Phi) is 7.40. The molecule has 0 atom stereocenters. The molecule has 0 N–H and O–H groups in total. The summed E-state index contributed by atoms with van der Waals surface area (Å²) in [5.41, 5.74) is 12.5. The van der Waals surface area contributed by atoms with Gasteiger partial charge in [-0.25, -0.2) is 4.98 Å². The molecular weight excluding hydrogens is 607 g/mol. The van der Waals surface area contributed by atoms with Crippen LogP contribution in [0.4, 0.5) is 0 Å². The zero-order chi connectivity index (χ0) is 33.3. The van der Waals surface area contributed by atoms with E-state index in [4.69, 9.17) is 9.72 Å². The second-order valence-electron chi connectivity index (χ2n) is 12.7. The van der Waals surface area contributed by atoms with E-state index in [9.17, 15) is 0 Å². The number of hydrogen-bond acceptors (Lipinski definition) is 2. The number of aromatic nitrogens is 1. The smallest absolute Gasteiger partial charge is 0.140 e. The monoisotopic (exact) mass is 639 g/mol. The third kappa shape index (κ3) is 5.01. The normalized spacial score (nSPS) is 12.7. The lowest BCUT2D eigenvalue weighted by molar-refractivity contribution is 0.436. The van der Waals surface area contributed by atoms with E-state index in [2.05, 4.69) is 194 Å². The van der Waals surface area contributed by atoms with Crippen molar-refractivity contribution in [3.05, 3.63) is 222 Å². The Morgan fingerprint density at radius 3 is 1.54 bits per heavy atom. The van der Waals surface area contributed by atoms with Gasteiger partial charge in [0.1, 0.15) is 11.5 Å². The van der Waals surface area contributed by atoms with Gasteiger partial charge in [0.05, 0.1) is 16.8 Å². The molecule has 9 rings (SSSR count). The van der Waals surface area contributed by atoms with Crippen LogP contribution >= 0.6 is 0 Å². The number of fused-ring (bicyclic) bond motifs is 2. The van der Waals surface area contributed by atoms with E-state index in [1.807, 2.05) is 6.07 Å². The fraction of sp³-hybridized carbons (Fsp3) is 0.0208. The molecule has 0 fully saturated rings. The molecule has 236 valence electrons.